The molecule has 17 heavy (non-hydrogen) atoms. The van der Waals surface area contributed by atoms with E-state index in [1.54, 1.807) is 0 Å². The van der Waals surface area contributed by atoms with Gasteiger partial charge in [-0.2, -0.15) is 0 Å². The van der Waals surface area contributed by atoms with Gasteiger partial charge in [0.25, 0.3) is 0 Å². The predicted octanol–water partition coefficient (Wildman–Crippen LogP) is 0.453. The van der Waals surface area contributed by atoms with Crippen molar-refractivity contribution in [3.05, 3.63) is 28.8 Å². The number of carbonyl (C=O) groups is 1. The Hall–Kier alpha value is -1.30. The van der Waals surface area contributed by atoms with E-state index in [1.165, 1.54) is 25.1 Å². The maximum atomic E-state index is 10.7. The zero-order chi connectivity index (χ0) is 13.0. The van der Waals surface area contributed by atoms with Crippen molar-refractivity contribution in [2.45, 2.75) is 19.1 Å². The molecule has 1 aromatic rings. The smallest absolute Gasteiger partial charge is 0.216 e. The van der Waals surface area contributed by atoms with Gasteiger partial charge >= 0.3 is 0 Å². The standard InChI is InChI=1S/C11H15ClN2O3/c1-6(15)14-5-10(16)11(17)7-2-8(12)4-9(13)3-7/h2-4,10-11,16-17H,5,13H2,1H3,(H,14,15). The topological polar surface area (TPSA) is 95.6 Å². The second kappa shape index (κ2) is 5.86. The van der Waals surface area contributed by atoms with Gasteiger partial charge in [0.05, 0.1) is 0 Å². The molecule has 2 unspecified atom stereocenters. The lowest BCUT2D eigenvalue weighted by Gasteiger charge is -2.18. The molecule has 94 valence electrons. The minimum absolute atomic E-state index is 0.0388. The number of aliphatic hydroxyl groups excluding tert-OH is 2. The molecule has 0 aliphatic rings. The van der Waals surface area contributed by atoms with Crippen LogP contribution in [0.1, 0.15) is 18.6 Å². The highest BCUT2D eigenvalue weighted by molar-refractivity contribution is 6.30. The van der Waals surface area contributed by atoms with Gasteiger partial charge in [0.2, 0.25) is 5.91 Å². The van der Waals surface area contributed by atoms with E-state index in [2.05, 4.69) is 5.32 Å². The fourth-order valence-corrected chi connectivity index (χ4v) is 1.64. The van der Waals surface area contributed by atoms with Crippen LogP contribution in [0.15, 0.2) is 18.2 Å². The summed E-state index contributed by atoms with van der Waals surface area (Å²) in [7, 11) is 0. The van der Waals surface area contributed by atoms with E-state index in [4.69, 9.17) is 17.3 Å². The summed E-state index contributed by atoms with van der Waals surface area (Å²) in [6, 6.07) is 4.57. The molecule has 0 radical (unpaired) electrons. The van der Waals surface area contributed by atoms with Crippen LogP contribution in [0.2, 0.25) is 5.02 Å². The van der Waals surface area contributed by atoms with E-state index in [0.717, 1.165) is 0 Å². The average molecular weight is 259 g/mol. The molecule has 2 atom stereocenters. The van der Waals surface area contributed by atoms with Crippen LogP contribution >= 0.6 is 11.6 Å². The molecule has 0 spiro atoms. The van der Waals surface area contributed by atoms with Crippen LogP contribution in [0, 0.1) is 0 Å². The van der Waals surface area contributed by atoms with E-state index in [9.17, 15) is 15.0 Å². The number of hydrogen-bond donors (Lipinski definition) is 4. The summed E-state index contributed by atoms with van der Waals surface area (Å²) in [6.07, 6.45) is -2.26. The number of aliphatic hydroxyl groups is 2. The number of halogens is 1. The minimum atomic E-state index is -1.15. The molecule has 1 amide bonds. The fraction of sp³-hybridized carbons (Fsp3) is 0.364. The van der Waals surface area contributed by atoms with Gasteiger partial charge in [0.1, 0.15) is 12.2 Å². The Morgan fingerprint density at radius 3 is 2.65 bits per heavy atom. The third kappa shape index (κ3) is 4.22. The lowest BCUT2D eigenvalue weighted by molar-refractivity contribution is -0.119. The Balaban J connectivity index is 2.73. The molecular formula is C11H15ClN2O3. The van der Waals surface area contributed by atoms with Crippen molar-refractivity contribution in [1.29, 1.82) is 0 Å². The van der Waals surface area contributed by atoms with Crippen LogP contribution < -0.4 is 11.1 Å². The Morgan fingerprint density at radius 1 is 1.47 bits per heavy atom. The van der Waals surface area contributed by atoms with Gasteiger partial charge in [0, 0.05) is 24.2 Å². The van der Waals surface area contributed by atoms with Gasteiger partial charge in [-0.05, 0) is 23.8 Å². The molecule has 0 aliphatic heterocycles. The summed E-state index contributed by atoms with van der Waals surface area (Å²) in [6.45, 7) is 1.29. The summed E-state index contributed by atoms with van der Waals surface area (Å²) in [5, 5.41) is 22.3. The molecule has 0 aliphatic carbocycles. The van der Waals surface area contributed by atoms with Gasteiger partial charge in [0.15, 0.2) is 0 Å². The van der Waals surface area contributed by atoms with Crippen molar-refractivity contribution in [3.63, 3.8) is 0 Å². The zero-order valence-corrected chi connectivity index (χ0v) is 10.1. The number of carbonyl (C=O) groups excluding carboxylic acids is 1. The molecule has 0 heterocycles. The van der Waals surface area contributed by atoms with E-state index < -0.39 is 12.2 Å². The molecular weight excluding hydrogens is 244 g/mol. The summed E-state index contributed by atoms with van der Waals surface area (Å²) in [4.78, 5) is 10.7. The van der Waals surface area contributed by atoms with Crippen LogP contribution in [0.5, 0.6) is 0 Å². The highest BCUT2D eigenvalue weighted by atomic mass is 35.5. The fourth-order valence-electron chi connectivity index (χ4n) is 1.39. The maximum Gasteiger partial charge on any atom is 0.216 e. The van der Waals surface area contributed by atoms with Crippen molar-refractivity contribution < 1.29 is 15.0 Å². The van der Waals surface area contributed by atoms with Gasteiger partial charge < -0.3 is 21.3 Å². The maximum absolute atomic E-state index is 10.7. The lowest BCUT2D eigenvalue weighted by Crippen LogP contribution is -2.34. The van der Waals surface area contributed by atoms with Crippen LogP contribution in [-0.4, -0.2) is 28.8 Å². The SMILES string of the molecule is CC(=O)NCC(O)C(O)c1cc(N)cc(Cl)c1. The Labute approximate surface area is 104 Å². The molecule has 1 aromatic carbocycles. The van der Waals surface area contributed by atoms with Crippen LogP contribution in [0.4, 0.5) is 5.69 Å². The van der Waals surface area contributed by atoms with Crippen molar-refractivity contribution in [3.8, 4) is 0 Å². The first-order valence-electron chi connectivity index (χ1n) is 5.06. The number of nitrogens with two attached hydrogens (primary N) is 1. The molecule has 0 fully saturated rings. The van der Waals surface area contributed by atoms with Gasteiger partial charge in [-0.3, -0.25) is 4.79 Å². The number of hydrogen-bond acceptors (Lipinski definition) is 4. The summed E-state index contributed by atoms with van der Waals surface area (Å²) in [5.74, 6) is -0.276. The molecule has 5 nitrogen and oxygen atoms in total. The Kier molecular flexibility index (Phi) is 4.74. The minimum Gasteiger partial charge on any atom is -0.399 e. The van der Waals surface area contributed by atoms with E-state index in [-0.39, 0.29) is 12.5 Å². The highest BCUT2D eigenvalue weighted by Crippen LogP contribution is 2.23. The predicted molar refractivity (Wildman–Crippen MR) is 65.5 cm³/mol. The molecule has 6 heteroatoms. The second-order valence-corrected chi connectivity index (χ2v) is 4.20. The summed E-state index contributed by atoms with van der Waals surface area (Å²) >= 11 is 5.78. The van der Waals surface area contributed by atoms with E-state index in [1.807, 2.05) is 0 Å². The largest absolute Gasteiger partial charge is 0.399 e. The first-order chi connectivity index (χ1) is 7.90. The number of benzene rings is 1. The molecule has 0 aromatic heterocycles. The van der Waals surface area contributed by atoms with Crippen molar-refractivity contribution in [2.75, 3.05) is 12.3 Å². The van der Waals surface area contributed by atoms with Crippen molar-refractivity contribution in [2.24, 2.45) is 0 Å². The number of rotatable bonds is 4. The van der Waals surface area contributed by atoms with E-state index in [0.29, 0.717) is 16.3 Å². The molecule has 5 N–H and O–H groups in total. The normalized spacial score (nSPS) is 14.1. The molecule has 0 saturated carbocycles. The Bertz CT molecular complexity index is 391. The Morgan fingerprint density at radius 2 is 2.12 bits per heavy atom. The monoisotopic (exact) mass is 258 g/mol. The average Bonchev–Trinajstić information content (AvgIpc) is 2.23. The summed E-state index contributed by atoms with van der Waals surface area (Å²) < 4.78 is 0. The highest BCUT2D eigenvalue weighted by Gasteiger charge is 2.19. The first kappa shape index (κ1) is 13.8. The second-order valence-electron chi connectivity index (χ2n) is 3.77. The van der Waals surface area contributed by atoms with Crippen LogP contribution in [-0.2, 0) is 4.79 Å². The van der Waals surface area contributed by atoms with Gasteiger partial charge in [-0.25, -0.2) is 0 Å². The number of amides is 1. The third-order valence-corrected chi connectivity index (χ3v) is 2.43. The molecule has 1 rings (SSSR count). The zero-order valence-electron chi connectivity index (χ0n) is 9.35. The van der Waals surface area contributed by atoms with Gasteiger partial charge in [-0.1, -0.05) is 11.6 Å². The van der Waals surface area contributed by atoms with Crippen molar-refractivity contribution in [1.82, 2.24) is 5.32 Å². The summed E-state index contributed by atoms with van der Waals surface area (Å²) in [5.41, 5.74) is 6.38. The van der Waals surface area contributed by atoms with Crippen LogP contribution in [0.25, 0.3) is 0 Å². The molecule has 0 saturated heterocycles. The lowest BCUT2D eigenvalue weighted by atomic mass is 10.0. The number of anilines is 1. The van der Waals surface area contributed by atoms with Crippen molar-refractivity contribution >= 4 is 23.2 Å². The third-order valence-electron chi connectivity index (χ3n) is 2.21. The quantitative estimate of drug-likeness (QED) is 0.590. The van der Waals surface area contributed by atoms with E-state index >= 15 is 0 Å². The first-order valence-corrected chi connectivity index (χ1v) is 5.44. The number of nitrogens with one attached hydrogen (secondary N) is 1. The number of nitrogen functional groups attached to an aromatic ring is 1. The van der Waals surface area contributed by atoms with Gasteiger partial charge in [-0.15, -0.1) is 0 Å². The van der Waals surface area contributed by atoms with Crippen LogP contribution in [0.3, 0.4) is 0 Å². The molecule has 0 bridgehead atoms.